The van der Waals surface area contributed by atoms with E-state index in [1.54, 1.807) is 48.5 Å². The van der Waals surface area contributed by atoms with Gasteiger partial charge in [-0.25, -0.2) is 4.90 Å². The van der Waals surface area contributed by atoms with Gasteiger partial charge in [-0.2, -0.15) is 5.06 Å². The van der Waals surface area contributed by atoms with E-state index in [9.17, 15) is 19.5 Å². The number of imide groups is 1. The highest BCUT2D eigenvalue weighted by Gasteiger charge is 2.61. The van der Waals surface area contributed by atoms with E-state index in [0.29, 0.717) is 23.6 Å². The number of fused-ring (bicyclic) bond motifs is 1. The van der Waals surface area contributed by atoms with Crippen LogP contribution in [-0.4, -0.2) is 35.6 Å². The molecule has 2 aliphatic rings. The van der Waals surface area contributed by atoms with Crippen molar-refractivity contribution in [3.63, 3.8) is 0 Å². The van der Waals surface area contributed by atoms with Crippen LogP contribution in [0.15, 0.2) is 84.9 Å². The summed E-state index contributed by atoms with van der Waals surface area (Å²) in [7, 11) is 0. The fraction of sp³-hybridized carbons (Fsp3) is 0.276. The molecule has 190 valence electrons. The SMILES string of the molecule is CCCOc1ccc(N2C(=O)[C@@H]3[C@H](ON([C@@H](CC(=O)[O-])c4ccccc4)[C@H]3c3ccccc3)C2=O)cc1. The molecule has 0 bridgehead atoms. The number of amides is 2. The lowest BCUT2D eigenvalue weighted by molar-refractivity contribution is -0.309. The number of hydrogen-bond acceptors (Lipinski definition) is 7. The molecule has 2 saturated heterocycles. The predicted octanol–water partition coefficient (Wildman–Crippen LogP) is 3.20. The van der Waals surface area contributed by atoms with Crippen LogP contribution in [-0.2, 0) is 19.2 Å². The second-order valence-electron chi connectivity index (χ2n) is 9.12. The first kappa shape index (κ1) is 24.7. The number of hydroxylamine groups is 2. The van der Waals surface area contributed by atoms with E-state index < -0.39 is 41.9 Å². The maximum absolute atomic E-state index is 13.8. The first-order valence-electron chi connectivity index (χ1n) is 12.3. The number of benzene rings is 3. The third-order valence-electron chi connectivity index (χ3n) is 6.71. The number of nitrogens with zero attached hydrogens (tertiary/aromatic N) is 2. The molecule has 0 aromatic heterocycles. The molecule has 2 fully saturated rings. The summed E-state index contributed by atoms with van der Waals surface area (Å²) in [5.41, 5.74) is 1.87. The predicted molar refractivity (Wildman–Crippen MR) is 133 cm³/mol. The molecule has 3 aromatic carbocycles. The first-order valence-corrected chi connectivity index (χ1v) is 12.3. The zero-order valence-corrected chi connectivity index (χ0v) is 20.4. The van der Waals surface area contributed by atoms with Crippen LogP contribution < -0.4 is 14.7 Å². The number of ether oxygens (including phenoxy) is 1. The topological polar surface area (TPSA) is 99.2 Å². The Morgan fingerprint density at radius 1 is 0.946 bits per heavy atom. The molecule has 0 radical (unpaired) electrons. The van der Waals surface area contributed by atoms with Crippen molar-refractivity contribution in [1.82, 2.24) is 5.06 Å². The van der Waals surface area contributed by atoms with Gasteiger partial charge in [-0.05, 0) is 41.8 Å². The van der Waals surface area contributed by atoms with Crippen molar-refractivity contribution in [1.29, 1.82) is 0 Å². The van der Waals surface area contributed by atoms with Gasteiger partial charge < -0.3 is 14.6 Å². The Morgan fingerprint density at radius 3 is 2.22 bits per heavy atom. The van der Waals surface area contributed by atoms with Gasteiger partial charge >= 0.3 is 0 Å². The van der Waals surface area contributed by atoms with Gasteiger partial charge in [0.2, 0.25) is 5.91 Å². The van der Waals surface area contributed by atoms with Crippen molar-refractivity contribution < 1.29 is 29.1 Å². The molecule has 0 N–H and O–H groups in total. The summed E-state index contributed by atoms with van der Waals surface area (Å²) < 4.78 is 5.62. The second kappa shape index (κ2) is 10.5. The van der Waals surface area contributed by atoms with Crippen LogP contribution >= 0.6 is 0 Å². The highest BCUT2D eigenvalue weighted by atomic mass is 16.7. The third kappa shape index (κ3) is 4.73. The zero-order chi connectivity index (χ0) is 25.9. The minimum absolute atomic E-state index is 0.363. The minimum atomic E-state index is -1.26. The molecular weight excluding hydrogens is 472 g/mol. The van der Waals surface area contributed by atoms with Crippen molar-refractivity contribution in [2.45, 2.75) is 38.0 Å². The van der Waals surface area contributed by atoms with Gasteiger partial charge in [-0.15, -0.1) is 0 Å². The average Bonchev–Trinajstić information content (AvgIpc) is 3.42. The summed E-state index contributed by atoms with van der Waals surface area (Å²) in [4.78, 5) is 46.4. The lowest BCUT2D eigenvalue weighted by atomic mass is 9.89. The van der Waals surface area contributed by atoms with E-state index in [1.165, 1.54) is 5.06 Å². The normalized spacial score (nSPS) is 22.2. The highest BCUT2D eigenvalue weighted by molar-refractivity contribution is 6.23. The van der Waals surface area contributed by atoms with Crippen molar-refractivity contribution in [2.75, 3.05) is 11.5 Å². The minimum Gasteiger partial charge on any atom is -0.550 e. The van der Waals surface area contributed by atoms with Crippen molar-refractivity contribution in [3.8, 4) is 5.75 Å². The van der Waals surface area contributed by atoms with Crippen LogP contribution in [0, 0.1) is 5.92 Å². The quantitative estimate of drug-likeness (QED) is 0.417. The molecule has 2 heterocycles. The fourth-order valence-corrected chi connectivity index (χ4v) is 5.06. The zero-order valence-electron chi connectivity index (χ0n) is 20.4. The maximum atomic E-state index is 13.8. The van der Waals surface area contributed by atoms with Crippen molar-refractivity contribution in [3.05, 3.63) is 96.1 Å². The first-order chi connectivity index (χ1) is 18.0. The molecular formula is C29H27N2O6-. The largest absolute Gasteiger partial charge is 0.550 e. The molecule has 0 saturated carbocycles. The number of hydrogen-bond donors (Lipinski definition) is 0. The fourth-order valence-electron chi connectivity index (χ4n) is 5.06. The molecule has 0 spiro atoms. The van der Waals surface area contributed by atoms with Gasteiger partial charge in [0.15, 0.2) is 6.10 Å². The average molecular weight is 500 g/mol. The summed E-state index contributed by atoms with van der Waals surface area (Å²) in [5, 5.41) is 13.2. The smallest absolute Gasteiger partial charge is 0.265 e. The Labute approximate surface area is 215 Å². The Morgan fingerprint density at radius 2 is 1.59 bits per heavy atom. The van der Waals surface area contributed by atoms with E-state index in [4.69, 9.17) is 9.57 Å². The van der Waals surface area contributed by atoms with E-state index in [1.807, 2.05) is 43.3 Å². The van der Waals surface area contributed by atoms with Crippen molar-refractivity contribution in [2.24, 2.45) is 5.92 Å². The number of carbonyl (C=O) groups is 3. The van der Waals surface area contributed by atoms with E-state index >= 15 is 0 Å². The second-order valence-corrected chi connectivity index (χ2v) is 9.12. The molecule has 2 amide bonds. The van der Waals surface area contributed by atoms with Gasteiger partial charge in [-0.1, -0.05) is 67.6 Å². The molecule has 2 aliphatic heterocycles. The summed E-state index contributed by atoms with van der Waals surface area (Å²) in [6.45, 7) is 2.58. The van der Waals surface area contributed by atoms with Gasteiger partial charge in [0.05, 0.1) is 30.3 Å². The standard InChI is InChI=1S/C29H28N2O6/c1-2-17-36-22-15-13-21(14-16-22)30-28(34)25-26(20-11-7-4-8-12-20)31(37-27(25)29(30)35)23(18-24(32)33)19-9-5-3-6-10-19/h3-16,23,25-27H,2,17-18H2,1H3,(H,32,33)/p-1/t23-,25-,26-,27-/m0/s1. The lowest BCUT2D eigenvalue weighted by Gasteiger charge is -2.34. The molecule has 0 aliphatic carbocycles. The van der Waals surface area contributed by atoms with Gasteiger partial charge in [0, 0.05) is 12.4 Å². The Balaban J connectivity index is 1.51. The summed E-state index contributed by atoms with van der Waals surface area (Å²) in [6, 6.07) is 23.7. The summed E-state index contributed by atoms with van der Waals surface area (Å²) >= 11 is 0. The number of aliphatic carboxylic acids is 1. The monoisotopic (exact) mass is 499 g/mol. The van der Waals surface area contributed by atoms with Gasteiger partial charge in [-0.3, -0.25) is 14.4 Å². The Kier molecular flexibility index (Phi) is 7.03. The number of rotatable bonds is 9. The van der Waals surface area contributed by atoms with Gasteiger partial charge in [0.25, 0.3) is 5.91 Å². The lowest BCUT2D eigenvalue weighted by Crippen LogP contribution is -2.40. The molecule has 8 heteroatoms. The number of carboxylic acids is 1. The Hall–Kier alpha value is -4.01. The van der Waals surface area contributed by atoms with Crippen LogP contribution in [0.4, 0.5) is 5.69 Å². The number of carbonyl (C=O) groups excluding carboxylic acids is 3. The summed E-state index contributed by atoms with van der Waals surface area (Å²) in [5.74, 6) is -2.33. The van der Waals surface area contributed by atoms with Gasteiger partial charge in [0.1, 0.15) is 5.75 Å². The van der Waals surface area contributed by atoms with E-state index in [2.05, 4.69) is 0 Å². The van der Waals surface area contributed by atoms with Crippen molar-refractivity contribution >= 4 is 23.5 Å². The molecule has 3 aromatic rings. The molecule has 4 atom stereocenters. The third-order valence-corrected chi connectivity index (χ3v) is 6.71. The summed E-state index contributed by atoms with van der Waals surface area (Å²) in [6.07, 6.45) is -0.579. The van der Waals surface area contributed by atoms with E-state index in [-0.39, 0.29) is 6.42 Å². The molecule has 8 nitrogen and oxygen atoms in total. The maximum Gasteiger partial charge on any atom is 0.265 e. The molecule has 37 heavy (non-hydrogen) atoms. The van der Waals surface area contributed by atoms with Crippen LogP contribution in [0.25, 0.3) is 0 Å². The van der Waals surface area contributed by atoms with E-state index in [0.717, 1.165) is 16.9 Å². The van der Waals surface area contributed by atoms with Crippen LogP contribution in [0.1, 0.15) is 43.0 Å². The Bertz CT molecular complexity index is 1260. The van der Waals surface area contributed by atoms with Crippen LogP contribution in [0.5, 0.6) is 5.75 Å². The molecule has 0 unspecified atom stereocenters. The molecule has 5 rings (SSSR count). The number of anilines is 1. The number of carboxylic acid groups (broad SMARTS) is 1. The van der Waals surface area contributed by atoms with Crippen LogP contribution in [0.3, 0.4) is 0 Å². The van der Waals surface area contributed by atoms with Crippen LogP contribution in [0.2, 0.25) is 0 Å². The highest BCUT2D eigenvalue weighted by Crippen LogP contribution is 2.49.